The van der Waals surface area contributed by atoms with Crippen molar-refractivity contribution in [2.75, 3.05) is 4.90 Å². The van der Waals surface area contributed by atoms with E-state index in [1.807, 2.05) is 11.3 Å². The number of hydrogen-bond acceptors (Lipinski definition) is 3. The lowest BCUT2D eigenvalue weighted by atomic mass is 9.91. The Morgan fingerprint density at radius 2 is 0.908 bits per heavy atom. The van der Waals surface area contributed by atoms with E-state index in [0.29, 0.717) is 0 Å². The van der Waals surface area contributed by atoms with Gasteiger partial charge in [0.15, 0.2) is 0 Å². The van der Waals surface area contributed by atoms with Crippen molar-refractivity contribution in [2.45, 2.75) is 0 Å². The Morgan fingerprint density at radius 1 is 0.338 bits per heavy atom. The van der Waals surface area contributed by atoms with Gasteiger partial charge in [-0.25, -0.2) is 0 Å². The fourth-order valence-corrected chi connectivity index (χ4v) is 11.4. The van der Waals surface area contributed by atoms with E-state index >= 15 is 0 Å². The van der Waals surface area contributed by atoms with Gasteiger partial charge in [0.2, 0.25) is 0 Å². The maximum absolute atomic E-state index is 6.97. The molecule has 3 heteroatoms. The molecule has 0 unspecified atom stereocenters. The molecule has 2 nitrogen and oxygen atoms in total. The summed E-state index contributed by atoms with van der Waals surface area (Å²) >= 11 is 1.88. The smallest absolute Gasteiger partial charge is 0.143 e. The number of anilines is 3. The first-order valence-corrected chi connectivity index (χ1v) is 23.0. The molecule has 13 aromatic rings. The molecule has 13 rings (SSSR count). The molecule has 2 aromatic heterocycles. The second-order valence-electron chi connectivity index (χ2n) is 16.8. The molecule has 304 valence electrons. The predicted octanol–water partition coefficient (Wildman–Crippen LogP) is 18.4. The van der Waals surface area contributed by atoms with Crippen LogP contribution in [-0.4, -0.2) is 0 Å². The van der Waals surface area contributed by atoms with Gasteiger partial charge in [-0.15, -0.1) is 11.3 Å². The zero-order valence-corrected chi connectivity index (χ0v) is 36.1. The van der Waals surface area contributed by atoms with Gasteiger partial charge >= 0.3 is 0 Å². The van der Waals surface area contributed by atoms with Gasteiger partial charge in [-0.05, 0) is 110 Å². The number of rotatable bonds is 7. The van der Waals surface area contributed by atoms with Crippen LogP contribution in [0.5, 0.6) is 0 Å². The van der Waals surface area contributed by atoms with E-state index in [1.165, 1.54) is 80.8 Å². The first-order valence-electron chi connectivity index (χ1n) is 22.2. The highest BCUT2D eigenvalue weighted by Crippen LogP contribution is 2.50. The molecule has 11 aromatic carbocycles. The molecule has 2 heterocycles. The summed E-state index contributed by atoms with van der Waals surface area (Å²) in [5.74, 6) is 0. The van der Waals surface area contributed by atoms with Crippen LogP contribution in [0.1, 0.15) is 0 Å². The minimum Gasteiger partial charge on any atom is -0.455 e. The normalized spacial score (nSPS) is 11.7. The highest BCUT2D eigenvalue weighted by molar-refractivity contribution is 7.26. The van der Waals surface area contributed by atoms with Crippen LogP contribution in [0, 0.1) is 0 Å². The van der Waals surface area contributed by atoms with Crippen LogP contribution in [0.3, 0.4) is 0 Å². The number of hydrogen-bond donors (Lipinski definition) is 0. The highest BCUT2D eigenvalue weighted by atomic mass is 32.1. The molecule has 0 spiro atoms. The average molecular weight is 846 g/mol. The van der Waals surface area contributed by atoms with Crippen molar-refractivity contribution in [1.29, 1.82) is 0 Å². The van der Waals surface area contributed by atoms with Crippen molar-refractivity contribution < 1.29 is 4.42 Å². The second-order valence-corrected chi connectivity index (χ2v) is 17.8. The zero-order chi connectivity index (χ0) is 42.8. The number of nitrogens with zero attached hydrogens (tertiary/aromatic N) is 1. The van der Waals surface area contributed by atoms with Crippen LogP contribution >= 0.6 is 11.3 Å². The van der Waals surface area contributed by atoms with Crippen molar-refractivity contribution in [3.63, 3.8) is 0 Å². The Balaban J connectivity index is 1.05. The fourth-order valence-electron chi connectivity index (χ4n) is 10.1. The summed E-state index contributed by atoms with van der Waals surface area (Å²) in [6, 6.07) is 85.8. The molecule has 0 amide bonds. The average Bonchev–Trinajstić information content (AvgIpc) is 3.97. The third-order valence-electron chi connectivity index (χ3n) is 13.0. The maximum atomic E-state index is 6.97. The number of thiophene rings is 1. The molecule has 0 aliphatic rings. The summed E-state index contributed by atoms with van der Waals surface area (Å²) in [6.07, 6.45) is 0. The minimum absolute atomic E-state index is 0.860. The Morgan fingerprint density at radius 3 is 1.68 bits per heavy atom. The fraction of sp³-hybridized carbons (Fsp3) is 0. The maximum Gasteiger partial charge on any atom is 0.143 e. The van der Waals surface area contributed by atoms with E-state index in [9.17, 15) is 0 Å². The van der Waals surface area contributed by atoms with E-state index in [2.05, 4.69) is 241 Å². The van der Waals surface area contributed by atoms with Crippen molar-refractivity contribution >= 4 is 92.1 Å². The number of para-hydroxylation sites is 1. The molecule has 0 bridgehead atoms. The SMILES string of the molecule is c1ccc(-c2cc(-c3ccccc3)cc(-c3cccc4sc5c(-c6cc7c(oc8cccc(N(c9ccccc9)c9cccc%10ccccc9%10)c87)c7ccccc67)cccc5c34)c2)cc1. The monoisotopic (exact) mass is 845 g/mol. The number of benzene rings is 11. The minimum atomic E-state index is 0.860. The highest BCUT2D eigenvalue weighted by Gasteiger charge is 2.24. The Bertz CT molecular complexity index is 3880. The van der Waals surface area contributed by atoms with Crippen LogP contribution in [-0.2, 0) is 0 Å². The van der Waals surface area contributed by atoms with Gasteiger partial charge in [-0.3, -0.25) is 0 Å². The van der Waals surface area contributed by atoms with Gasteiger partial charge in [0.1, 0.15) is 11.2 Å². The zero-order valence-electron chi connectivity index (χ0n) is 35.3. The van der Waals surface area contributed by atoms with Crippen molar-refractivity contribution in [2.24, 2.45) is 0 Å². The molecular formula is C62H39NOS. The molecule has 65 heavy (non-hydrogen) atoms. The Kier molecular flexibility index (Phi) is 8.75. The van der Waals surface area contributed by atoms with Gasteiger partial charge in [-0.1, -0.05) is 176 Å². The van der Waals surface area contributed by atoms with Crippen molar-refractivity contribution in [3.8, 4) is 44.5 Å². The van der Waals surface area contributed by atoms with Crippen molar-refractivity contribution in [3.05, 3.63) is 237 Å². The Labute approximate surface area is 380 Å². The van der Waals surface area contributed by atoms with Crippen LogP contribution in [0.4, 0.5) is 17.1 Å². The van der Waals surface area contributed by atoms with Crippen LogP contribution < -0.4 is 4.90 Å². The summed E-state index contributed by atoms with van der Waals surface area (Å²) in [5, 5.41) is 9.38. The number of fused-ring (bicyclic) bond motifs is 9. The number of furan rings is 1. The summed E-state index contributed by atoms with van der Waals surface area (Å²) in [5.41, 5.74) is 14.7. The third-order valence-corrected chi connectivity index (χ3v) is 14.2. The van der Waals surface area contributed by atoms with Crippen LogP contribution in [0.2, 0.25) is 0 Å². The molecule has 0 N–H and O–H groups in total. The Hall–Kier alpha value is -8.24. The quantitative estimate of drug-likeness (QED) is 0.159. The second kappa shape index (κ2) is 15.2. The molecule has 0 saturated carbocycles. The first kappa shape index (κ1) is 37.3. The summed E-state index contributed by atoms with van der Waals surface area (Å²) < 4.78 is 9.51. The van der Waals surface area contributed by atoms with Gasteiger partial charge in [0.05, 0.1) is 16.8 Å². The molecular weight excluding hydrogens is 807 g/mol. The lowest BCUT2D eigenvalue weighted by molar-refractivity contribution is 0.672. The molecule has 0 aliphatic carbocycles. The van der Waals surface area contributed by atoms with Gasteiger partial charge in [0, 0.05) is 47.6 Å². The van der Waals surface area contributed by atoms with Gasteiger partial charge in [0.25, 0.3) is 0 Å². The summed E-state index contributed by atoms with van der Waals surface area (Å²) in [6.45, 7) is 0. The summed E-state index contributed by atoms with van der Waals surface area (Å²) in [7, 11) is 0. The predicted molar refractivity (Wildman–Crippen MR) is 278 cm³/mol. The molecule has 0 saturated heterocycles. The third kappa shape index (κ3) is 6.16. The lowest BCUT2D eigenvalue weighted by Crippen LogP contribution is -2.10. The van der Waals surface area contributed by atoms with E-state index in [4.69, 9.17) is 4.42 Å². The largest absolute Gasteiger partial charge is 0.455 e. The van der Waals surface area contributed by atoms with Crippen LogP contribution in [0.15, 0.2) is 241 Å². The van der Waals surface area contributed by atoms with Crippen LogP contribution in [0.25, 0.3) is 108 Å². The first-order chi connectivity index (χ1) is 32.2. The van der Waals surface area contributed by atoms with Crippen molar-refractivity contribution in [1.82, 2.24) is 0 Å². The summed E-state index contributed by atoms with van der Waals surface area (Å²) in [4.78, 5) is 2.40. The van der Waals surface area contributed by atoms with E-state index in [0.717, 1.165) is 44.4 Å². The van der Waals surface area contributed by atoms with E-state index in [-0.39, 0.29) is 0 Å². The van der Waals surface area contributed by atoms with E-state index < -0.39 is 0 Å². The standard InChI is InChI=1S/C62H39NOS/c1-4-18-40(19-5-1)43-36-44(41-20-6-2-7-21-41)38-45(37-43)48-29-16-35-58-59(48)52-31-15-30-51(62(52)65-58)53-39-54-60-56(33-17-34-57(60)64-61(54)50-28-13-12-27-49(50)53)63(46-24-8-3-9-25-46)55-32-14-23-42-22-10-11-26-47(42)55/h1-39H. The molecule has 0 radical (unpaired) electrons. The lowest BCUT2D eigenvalue weighted by Gasteiger charge is -2.27. The van der Waals surface area contributed by atoms with Gasteiger partial charge in [-0.2, -0.15) is 0 Å². The molecule has 0 atom stereocenters. The van der Waals surface area contributed by atoms with E-state index in [1.54, 1.807) is 0 Å². The topological polar surface area (TPSA) is 16.4 Å². The van der Waals surface area contributed by atoms with Gasteiger partial charge < -0.3 is 9.32 Å². The molecule has 0 aliphatic heterocycles. The molecule has 0 fully saturated rings.